The van der Waals surface area contributed by atoms with E-state index in [0.29, 0.717) is 13.2 Å². The minimum absolute atomic E-state index is 0.00843. The third-order valence-corrected chi connectivity index (χ3v) is 2.78. The van der Waals surface area contributed by atoms with E-state index in [9.17, 15) is 14.0 Å². The van der Waals surface area contributed by atoms with Gasteiger partial charge in [0.25, 0.3) is 5.91 Å². The third-order valence-electron chi connectivity index (χ3n) is 2.78. The van der Waals surface area contributed by atoms with E-state index >= 15 is 0 Å². The lowest BCUT2D eigenvalue weighted by atomic mass is 10.1. The maximum atomic E-state index is 13.8. The van der Waals surface area contributed by atoms with Gasteiger partial charge < -0.3 is 26.8 Å². The number of anilines is 2. The van der Waals surface area contributed by atoms with E-state index in [1.165, 1.54) is 13.2 Å². The number of amides is 2. The van der Waals surface area contributed by atoms with Gasteiger partial charge in [-0.3, -0.25) is 9.59 Å². The number of carbonyl (C=O) groups is 2. The molecular weight excluding hydrogens is 279 g/mol. The molecule has 0 aliphatic heterocycles. The quantitative estimate of drug-likeness (QED) is 0.419. The Morgan fingerprint density at radius 3 is 2.67 bits per heavy atom. The molecule has 6 N–H and O–H groups in total. The molecule has 0 heterocycles. The van der Waals surface area contributed by atoms with Crippen molar-refractivity contribution in [3.05, 3.63) is 23.5 Å². The number of benzene rings is 1. The first kappa shape index (κ1) is 16.7. The number of methoxy groups -OCH3 is 1. The molecule has 1 atom stereocenters. The van der Waals surface area contributed by atoms with Gasteiger partial charge in [0.1, 0.15) is 11.9 Å². The maximum Gasteiger partial charge on any atom is 0.250 e. The average molecular weight is 298 g/mol. The van der Waals surface area contributed by atoms with Crippen LogP contribution in [0.4, 0.5) is 15.8 Å². The van der Waals surface area contributed by atoms with E-state index in [1.54, 1.807) is 6.92 Å². The Labute approximate surface area is 121 Å². The number of rotatable bonds is 7. The van der Waals surface area contributed by atoms with Crippen molar-refractivity contribution < 1.29 is 18.7 Å². The predicted octanol–water partition coefficient (Wildman–Crippen LogP) is 0.0698. The van der Waals surface area contributed by atoms with E-state index in [2.05, 4.69) is 10.6 Å². The zero-order valence-electron chi connectivity index (χ0n) is 11.9. The largest absolute Gasteiger partial charge is 0.398 e. The van der Waals surface area contributed by atoms with Crippen LogP contribution in [0.25, 0.3) is 0 Å². The van der Waals surface area contributed by atoms with Gasteiger partial charge in [-0.1, -0.05) is 0 Å². The minimum Gasteiger partial charge on any atom is -0.398 e. The van der Waals surface area contributed by atoms with Gasteiger partial charge in [0.15, 0.2) is 0 Å². The summed E-state index contributed by atoms with van der Waals surface area (Å²) in [4.78, 5) is 22.9. The zero-order chi connectivity index (χ0) is 16.0. The van der Waals surface area contributed by atoms with Gasteiger partial charge in [-0.05, 0) is 19.1 Å². The Morgan fingerprint density at radius 2 is 2.10 bits per heavy atom. The molecule has 8 heteroatoms. The van der Waals surface area contributed by atoms with Crippen LogP contribution >= 0.6 is 0 Å². The Balaban J connectivity index is 2.80. The second-order valence-corrected chi connectivity index (χ2v) is 4.43. The first-order chi connectivity index (χ1) is 9.86. The first-order valence-corrected chi connectivity index (χ1v) is 6.28. The Bertz CT molecular complexity index is 536. The van der Waals surface area contributed by atoms with Crippen molar-refractivity contribution in [3.63, 3.8) is 0 Å². The van der Waals surface area contributed by atoms with Gasteiger partial charge in [-0.25, -0.2) is 4.39 Å². The smallest absolute Gasteiger partial charge is 0.250 e. The van der Waals surface area contributed by atoms with Crippen LogP contribution in [0.3, 0.4) is 0 Å². The lowest BCUT2D eigenvalue weighted by Crippen LogP contribution is -2.39. The van der Waals surface area contributed by atoms with E-state index in [0.717, 1.165) is 6.07 Å². The predicted molar refractivity (Wildman–Crippen MR) is 77.3 cm³/mol. The van der Waals surface area contributed by atoms with Gasteiger partial charge in [0, 0.05) is 19.3 Å². The van der Waals surface area contributed by atoms with Crippen molar-refractivity contribution in [3.8, 4) is 0 Å². The summed E-state index contributed by atoms with van der Waals surface area (Å²) in [5.74, 6) is -1.77. The molecule has 21 heavy (non-hydrogen) atoms. The van der Waals surface area contributed by atoms with Crippen LogP contribution in [-0.2, 0) is 9.53 Å². The van der Waals surface area contributed by atoms with Crippen molar-refractivity contribution in [2.75, 3.05) is 31.3 Å². The summed E-state index contributed by atoms with van der Waals surface area (Å²) in [7, 11) is 1.52. The van der Waals surface area contributed by atoms with Gasteiger partial charge in [0.2, 0.25) is 5.91 Å². The Hall–Kier alpha value is -2.35. The van der Waals surface area contributed by atoms with Gasteiger partial charge in [-0.2, -0.15) is 0 Å². The number of nitrogens with one attached hydrogen (secondary N) is 2. The summed E-state index contributed by atoms with van der Waals surface area (Å²) in [6, 6.07) is 1.46. The molecule has 116 valence electrons. The second-order valence-electron chi connectivity index (χ2n) is 4.43. The third kappa shape index (κ3) is 4.60. The standard InChI is InChI=1S/C13H19FN4O3/c1-7(13(20)17-3-4-21-2)18-11-5-8(12(16)19)10(15)6-9(11)14/h5-7,18H,3-4,15H2,1-2H3,(H2,16,19)(H,17,20). The van der Waals surface area contributed by atoms with E-state index in [1.807, 2.05) is 0 Å². The van der Waals surface area contributed by atoms with Crippen molar-refractivity contribution in [2.45, 2.75) is 13.0 Å². The lowest BCUT2D eigenvalue weighted by Gasteiger charge is -2.16. The van der Waals surface area contributed by atoms with Crippen LogP contribution in [0.2, 0.25) is 0 Å². The van der Waals surface area contributed by atoms with Gasteiger partial charge in [0.05, 0.1) is 17.9 Å². The van der Waals surface area contributed by atoms with Crippen LogP contribution in [0, 0.1) is 5.82 Å². The normalized spacial score (nSPS) is 11.8. The number of ether oxygens (including phenoxy) is 1. The summed E-state index contributed by atoms with van der Waals surface area (Å²) < 4.78 is 18.6. The van der Waals surface area contributed by atoms with Crippen LogP contribution < -0.4 is 22.1 Å². The number of hydrogen-bond donors (Lipinski definition) is 4. The fraction of sp³-hybridized carbons (Fsp3) is 0.385. The fourth-order valence-electron chi connectivity index (χ4n) is 1.64. The fourth-order valence-corrected chi connectivity index (χ4v) is 1.64. The topological polar surface area (TPSA) is 119 Å². The minimum atomic E-state index is -0.771. The highest BCUT2D eigenvalue weighted by Crippen LogP contribution is 2.22. The molecule has 0 fully saturated rings. The number of hydrogen-bond acceptors (Lipinski definition) is 5. The molecular formula is C13H19FN4O3. The number of nitrogens with two attached hydrogens (primary N) is 2. The molecule has 0 aliphatic rings. The van der Waals surface area contributed by atoms with Crippen LogP contribution in [0.15, 0.2) is 12.1 Å². The number of primary amides is 1. The molecule has 0 aliphatic carbocycles. The molecule has 0 spiro atoms. The highest BCUT2D eigenvalue weighted by Gasteiger charge is 2.17. The molecule has 0 aromatic heterocycles. The van der Waals surface area contributed by atoms with E-state index in [-0.39, 0.29) is 22.8 Å². The number of carbonyl (C=O) groups excluding carboxylic acids is 2. The summed E-state index contributed by atoms with van der Waals surface area (Å²) in [6.45, 7) is 2.28. The maximum absolute atomic E-state index is 13.8. The summed E-state index contributed by atoms with van der Waals surface area (Å²) in [6.07, 6.45) is 0. The molecule has 0 bridgehead atoms. The molecule has 1 aromatic rings. The summed E-state index contributed by atoms with van der Waals surface area (Å²) in [5.41, 5.74) is 10.6. The Morgan fingerprint density at radius 1 is 1.43 bits per heavy atom. The van der Waals surface area contributed by atoms with Crippen LogP contribution in [0.5, 0.6) is 0 Å². The van der Waals surface area contributed by atoms with Crippen molar-refractivity contribution >= 4 is 23.2 Å². The molecule has 1 unspecified atom stereocenters. The number of halogens is 1. The monoisotopic (exact) mass is 298 g/mol. The highest BCUT2D eigenvalue weighted by atomic mass is 19.1. The average Bonchev–Trinajstić information content (AvgIpc) is 2.41. The second kappa shape index (κ2) is 7.44. The lowest BCUT2D eigenvalue weighted by molar-refractivity contribution is -0.121. The molecule has 2 amide bonds. The Kier molecular flexibility index (Phi) is 5.92. The highest BCUT2D eigenvalue weighted by molar-refractivity contribution is 5.99. The first-order valence-electron chi connectivity index (χ1n) is 6.28. The molecule has 1 aromatic carbocycles. The molecule has 0 saturated carbocycles. The molecule has 0 radical (unpaired) electrons. The van der Waals surface area contributed by atoms with Crippen LogP contribution in [-0.4, -0.2) is 38.1 Å². The van der Waals surface area contributed by atoms with Crippen molar-refractivity contribution in [1.29, 1.82) is 0 Å². The summed E-state index contributed by atoms with van der Waals surface area (Å²) >= 11 is 0. The summed E-state index contributed by atoms with van der Waals surface area (Å²) in [5, 5.41) is 5.27. The van der Waals surface area contributed by atoms with E-state index < -0.39 is 17.8 Å². The van der Waals surface area contributed by atoms with Crippen LogP contribution in [0.1, 0.15) is 17.3 Å². The van der Waals surface area contributed by atoms with Gasteiger partial charge >= 0.3 is 0 Å². The number of nitrogen functional groups attached to an aromatic ring is 1. The van der Waals surface area contributed by atoms with Gasteiger partial charge in [-0.15, -0.1) is 0 Å². The molecule has 1 rings (SSSR count). The SMILES string of the molecule is COCCNC(=O)C(C)Nc1cc(C(N)=O)c(N)cc1F. The van der Waals surface area contributed by atoms with Crippen molar-refractivity contribution in [1.82, 2.24) is 5.32 Å². The molecule has 0 saturated heterocycles. The van der Waals surface area contributed by atoms with Crippen molar-refractivity contribution in [2.24, 2.45) is 5.73 Å². The van der Waals surface area contributed by atoms with E-state index in [4.69, 9.17) is 16.2 Å². The zero-order valence-corrected chi connectivity index (χ0v) is 11.9. The molecule has 7 nitrogen and oxygen atoms in total.